The van der Waals surface area contributed by atoms with Crippen LogP contribution in [0.4, 0.5) is 8.39 Å². The lowest BCUT2D eigenvalue weighted by Crippen LogP contribution is -1.85. The van der Waals surface area contributed by atoms with Gasteiger partial charge in [0, 0.05) is 12.2 Å². The van der Waals surface area contributed by atoms with Crippen molar-refractivity contribution in [1.29, 1.82) is 0 Å². The smallest absolute Gasteiger partial charge is 0.412 e. The topological polar surface area (TPSA) is 77.8 Å². The summed E-state index contributed by atoms with van der Waals surface area (Å²) in [6.07, 6.45) is 0.667. The van der Waals surface area contributed by atoms with Crippen molar-refractivity contribution in [1.82, 2.24) is 0 Å². The molecule has 0 aromatic carbocycles. The predicted octanol–water partition coefficient (Wildman–Crippen LogP) is 1.79. The van der Waals surface area contributed by atoms with Crippen LogP contribution in [0, 0.1) is 0 Å². The van der Waals surface area contributed by atoms with Crippen molar-refractivity contribution in [3.8, 4) is 0 Å². The van der Waals surface area contributed by atoms with Crippen LogP contribution in [0.2, 0.25) is 0 Å². The van der Waals surface area contributed by atoms with Crippen molar-refractivity contribution in [3.05, 3.63) is 12.7 Å². The van der Waals surface area contributed by atoms with Crippen LogP contribution in [0.15, 0.2) is 12.7 Å². The number of carboxylic acid groups (broad SMARTS) is 1. The highest BCUT2D eigenvalue weighted by Crippen LogP contribution is 2.31. The van der Waals surface area contributed by atoms with E-state index in [4.69, 9.17) is 15.1 Å². The molecule has 7 heteroatoms. The molecule has 0 radical (unpaired) electrons. The number of halogens is 2. The van der Waals surface area contributed by atoms with Gasteiger partial charge in [0.1, 0.15) is 0 Å². The Morgan fingerprint density at radius 2 is 1.62 bits per heavy atom. The van der Waals surface area contributed by atoms with E-state index in [0.717, 1.165) is 6.08 Å². The standard InChI is InChI=1S/C3H4O2.C3H8O.F2HOP/c1-2-3(4)5;1-3(2)4;1-4(2)3/h2H,1H2,(H,4,5);3-4H,1-2H3;3H. The predicted molar refractivity (Wildman–Crippen MR) is 46.5 cm³/mol. The molecule has 0 aromatic heterocycles. The minimum atomic E-state index is -3.62. The summed E-state index contributed by atoms with van der Waals surface area (Å²) in [5.74, 6) is -0.981. The van der Waals surface area contributed by atoms with E-state index in [1.165, 1.54) is 0 Å². The Balaban J connectivity index is -0.000000117. The summed E-state index contributed by atoms with van der Waals surface area (Å²) in [7, 11) is -3.62. The van der Waals surface area contributed by atoms with E-state index in [-0.39, 0.29) is 6.10 Å². The average Bonchev–Trinajstić information content (AvgIpc) is 1.84. The van der Waals surface area contributed by atoms with Gasteiger partial charge in [-0.25, -0.2) is 4.79 Å². The van der Waals surface area contributed by atoms with Gasteiger partial charge in [-0.15, -0.1) is 0 Å². The number of hydrogen-bond donors (Lipinski definition) is 3. The van der Waals surface area contributed by atoms with Gasteiger partial charge in [-0.1, -0.05) is 6.58 Å². The second-order valence-electron chi connectivity index (χ2n) is 1.85. The van der Waals surface area contributed by atoms with E-state index < -0.39 is 14.7 Å². The molecule has 80 valence electrons. The Morgan fingerprint density at radius 1 is 1.54 bits per heavy atom. The highest BCUT2D eigenvalue weighted by Gasteiger charge is 1.86. The van der Waals surface area contributed by atoms with Gasteiger partial charge in [0.15, 0.2) is 0 Å². The zero-order valence-electron chi connectivity index (χ0n) is 7.31. The molecule has 0 saturated carbocycles. The first-order chi connectivity index (χ1) is 5.73. The summed E-state index contributed by atoms with van der Waals surface area (Å²) in [6.45, 7) is 6.41. The van der Waals surface area contributed by atoms with Gasteiger partial charge in [0.25, 0.3) is 0 Å². The van der Waals surface area contributed by atoms with E-state index in [1.807, 2.05) is 0 Å². The van der Waals surface area contributed by atoms with Gasteiger partial charge < -0.3 is 15.1 Å². The van der Waals surface area contributed by atoms with Crippen LogP contribution in [0.5, 0.6) is 0 Å². The molecule has 0 amide bonds. The van der Waals surface area contributed by atoms with Crippen LogP contribution in [0.1, 0.15) is 13.8 Å². The highest BCUT2D eigenvalue weighted by atomic mass is 31.2. The Labute approximate surface area is 76.6 Å². The number of hydrogen-bond acceptors (Lipinski definition) is 3. The number of aliphatic carboxylic acids is 1. The van der Waals surface area contributed by atoms with Crippen LogP contribution < -0.4 is 0 Å². The average molecular weight is 218 g/mol. The number of rotatable bonds is 1. The van der Waals surface area contributed by atoms with Crippen LogP contribution in [-0.4, -0.2) is 27.2 Å². The van der Waals surface area contributed by atoms with Gasteiger partial charge in [0.05, 0.1) is 0 Å². The van der Waals surface area contributed by atoms with Crippen LogP contribution >= 0.6 is 8.77 Å². The zero-order chi connectivity index (χ0) is 11.4. The van der Waals surface area contributed by atoms with E-state index in [0.29, 0.717) is 0 Å². The minimum Gasteiger partial charge on any atom is -0.478 e. The molecular formula is C6H13F2O4P. The first-order valence-electron chi connectivity index (χ1n) is 3.08. The van der Waals surface area contributed by atoms with Gasteiger partial charge in [-0.2, -0.15) is 8.39 Å². The SMILES string of the molecule is C=CC(=O)O.CC(C)O.OP(F)F. The molecule has 0 unspecified atom stereocenters. The summed E-state index contributed by atoms with van der Waals surface area (Å²) in [5, 5.41) is 15.7. The summed E-state index contributed by atoms with van der Waals surface area (Å²) in [5.41, 5.74) is 0. The molecular weight excluding hydrogens is 205 g/mol. The van der Waals surface area contributed by atoms with Crippen molar-refractivity contribution < 1.29 is 28.3 Å². The maximum absolute atomic E-state index is 9.95. The molecule has 0 atom stereocenters. The molecule has 0 aliphatic carbocycles. The van der Waals surface area contributed by atoms with Crippen molar-refractivity contribution in [2.45, 2.75) is 20.0 Å². The normalized spacial score (nSPS) is 8.00. The Bertz CT molecular complexity index is 118. The number of carbonyl (C=O) groups is 1. The van der Waals surface area contributed by atoms with Gasteiger partial charge >= 0.3 is 14.7 Å². The lowest BCUT2D eigenvalue weighted by atomic mass is 10.5. The maximum atomic E-state index is 9.95. The quantitative estimate of drug-likeness (QED) is 0.463. The van der Waals surface area contributed by atoms with Gasteiger partial charge in [0.2, 0.25) is 0 Å². The number of aliphatic hydroxyl groups excluding tert-OH is 1. The molecule has 0 fully saturated rings. The van der Waals surface area contributed by atoms with Crippen molar-refractivity contribution in [2.75, 3.05) is 0 Å². The molecule has 4 nitrogen and oxygen atoms in total. The molecule has 0 aliphatic rings. The van der Waals surface area contributed by atoms with Crippen molar-refractivity contribution >= 4 is 14.7 Å². The Kier molecular flexibility index (Phi) is 19.6. The third-order valence-corrected chi connectivity index (χ3v) is 0.175. The summed E-state index contributed by atoms with van der Waals surface area (Å²) < 4.78 is 19.9. The number of carboxylic acids is 1. The molecule has 0 spiro atoms. The molecule has 0 aliphatic heterocycles. The first kappa shape index (κ1) is 18.3. The first-order valence-corrected chi connectivity index (χ1v) is 4.15. The largest absolute Gasteiger partial charge is 0.478 e. The fraction of sp³-hybridized carbons (Fsp3) is 0.500. The lowest BCUT2D eigenvalue weighted by Gasteiger charge is -1.80. The molecule has 0 saturated heterocycles. The van der Waals surface area contributed by atoms with Crippen molar-refractivity contribution in [2.24, 2.45) is 0 Å². The summed E-state index contributed by atoms with van der Waals surface area (Å²) >= 11 is 0. The lowest BCUT2D eigenvalue weighted by molar-refractivity contribution is -0.131. The number of aliphatic hydroxyl groups is 1. The second-order valence-corrected chi connectivity index (χ2v) is 2.28. The van der Waals surface area contributed by atoms with Gasteiger partial charge in [-0.3, -0.25) is 0 Å². The Hall–Kier alpha value is -0.580. The van der Waals surface area contributed by atoms with Gasteiger partial charge in [-0.05, 0) is 13.8 Å². The Morgan fingerprint density at radius 3 is 1.62 bits per heavy atom. The van der Waals surface area contributed by atoms with Crippen molar-refractivity contribution in [3.63, 3.8) is 0 Å². The van der Waals surface area contributed by atoms with E-state index in [9.17, 15) is 13.2 Å². The molecule has 13 heavy (non-hydrogen) atoms. The van der Waals surface area contributed by atoms with Crippen LogP contribution in [0.25, 0.3) is 0 Å². The maximum Gasteiger partial charge on any atom is 0.412 e. The fourth-order valence-electron chi connectivity index (χ4n) is 0. The van der Waals surface area contributed by atoms with Crippen LogP contribution in [0.3, 0.4) is 0 Å². The monoisotopic (exact) mass is 218 g/mol. The van der Waals surface area contributed by atoms with Crippen LogP contribution in [-0.2, 0) is 4.79 Å². The highest BCUT2D eigenvalue weighted by molar-refractivity contribution is 7.39. The molecule has 0 heterocycles. The molecule has 3 N–H and O–H groups in total. The molecule has 0 rings (SSSR count). The fourth-order valence-corrected chi connectivity index (χ4v) is 0. The molecule has 0 aromatic rings. The molecule has 0 bridgehead atoms. The zero-order valence-corrected chi connectivity index (χ0v) is 8.21. The summed E-state index contributed by atoms with van der Waals surface area (Å²) in [4.78, 5) is 16.0. The summed E-state index contributed by atoms with van der Waals surface area (Å²) in [6, 6.07) is 0. The third-order valence-electron chi connectivity index (χ3n) is 0.175. The van der Waals surface area contributed by atoms with E-state index >= 15 is 0 Å². The van der Waals surface area contributed by atoms with E-state index in [1.54, 1.807) is 13.8 Å². The third kappa shape index (κ3) is 503. The van der Waals surface area contributed by atoms with E-state index in [2.05, 4.69) is 6.58 Å². The second kappa shape index (κ2) is 14.0. The minimum absolute atomic E-state index is 0.167.